The third kappa shape index (κ3) is 4.56. The van der Waals surface area contributed by atoms with E-state index in [9.17, 15) is 5.11 Å². The molecule has 1 aromatic rings. The van der Waals surface area contributed by atoms with Crippen LogP contribution in [0.2, 0.25) is 0 Å². The molecule has 4 heteroatoms. The second-order valence-corrected chi connectivity index (χ2v) is 6.10. The van der Waals surface area contributed by atoms with Crippen LogP contribution >= 0.6 is 15.9 Å². The van der Waals surface area contributed by atoms with E-state index in [0.717, 1.165) is 49.1 Å². The smallest absolute Gasteiger partial charge is 0.0802 e. The molecule has 0 saturated carbocycles. The summed E-state index contributed by atoms with van der Waals surface area (Å²) in [6.07, 6.45) is 2.58. The van der Waals surface area contributed by atoms with Gasteiger partial charge in [0.05, 0.1) is 6.10 Å². The summed E-state index contributed by atoms with van der Waals surface area (Å²) < 4.78 is 6.39. The first-order valence-electron chi connectivity index (χ1n) is 6.88. The maximum absolute atomic E-state index is 10.2. The van der Waals surface area contributed by atoms with Crippen LogP contribution in [-0.4, -0.2) is 42.9 Å². The standard InChI is InChI=1S/C15H22BrNO2/c1-17(14-6-9-19-10-7-14)8-5-15(18)12-3-2-4-13(16)11-12/h2-4,11,14-15,18H,5-10H2,1H3. The summed E-state index contributed by atoms with van der Waals surface area (Å²) >= 11 is 3.44. The minimum Gasteiger partial charge on any atom is -0.388 e. The Labute approximate surface area is 123 Å². The van der Waals surface area contributed by atoms with Crippen molar-refractivity contribution in [3.8, 4) is 0 Å². The highest BCUT2D eigenvalue weighted by Crippen LogP contribution is 2.22. The molecule has 0 aliphatic carbocycles. The molecule has 19 heavy (non-hydrogen) atoms. The van der Waals surface area contributed by atoms with Crippen molar-refractivity contribution in [1.82, 2.24) is 4.90 Å². The van der Waals surface area contributed by atoms with Crippen molar-refractivity contribution in [2.75, 3.05) is 26.8 Å². The Hall–Kier alpha value is -0.420. The molecule has 0 aromatic heterocycles. The predicted octanol–water partition coefficient (Wildman–Crippen LogP) is 2.98. The minimum atomic E-state index is -0.389. The lowest BCUT2D eigenvalue weighted by atomic mass is 10.0. The lowest BCUT2D eigenvalue weighted by Gasteiger charge is -2.31. The molecule has 1 N–H and O–H groups in total. The average Bonchev–Trinajstić information content (AvgIpc) is 2.45. The zero-order chi connectivity index (χ0) is 13.7. The van der Waals surface area contributed by atoms with Gasteiger partial charge in [0, 0.05) is 30.3 Å². The van der Waals surface area contributed by atoms with Crippen LogP contribution in [0.3, 0.4) is 0 Å². The quantitative estimate of drug-likeness (QED) is 0.902. The Morgan fingerprint density at radius 3 is 2.84 bits per heavy atom. The summed E-state index contributed by atoms with van der Waals surface area (Å²) in [6.45, 7) is 2.64. The normalized spacial score (nSPS) is 18.7. The molecule has 1 aromatic carbocycles. The number of ether oxygens (including phenoxy) is 1. The van der Waals surface area contributed by atoms with Crippen molar-refractivity contribution in [1.29, 1.82) is 0 Å². The van der Waals surface area contributed by atoms with Crippen molar-refractivity contribution in [2.24, 2.45) is 0 Å². The average molecular weight is 328 g/mol. The van der Waals surface area contributed by atoms with Crippen LogP contribution in [0.5, 0.6) is 0 Å². The van der Waals surface area contributed by atoms with E-state index in [1.165, 1.54) is 0 Å². The van der Waals surface area contributed by atoms with Gasteiger partial charge in [-0.3, -0.25) is 0 Å². The molecule has 106 valence electrons. The molecular weight excluding hydrogens is 306 g/mol. The first-order valence-corrected chi connectivity index (χ1v) is 7.67. The molecule has 1 saturated heterocycles. The molecule has 1 unspecified atom stereocenters. The van der Waals surface area contributed by atoms with E-state index < -0.39 is 0 Å². The van der Waals surface area contributed by atoms with Crippen molar-refractivity contribution in [3.63, 3.8) is 0 Å². The molecule has 1 aliphatic rings. The van der Waals surface area contributed by atoms with Gasteiger partial charge in [0.1, 0.15) is 0 Å². The van der Waals surface area contributed by atoms with Crippen molar-refractivity contribution < 1.29 is 9.84 Å². The highest BCUT2D eigenvalue weighted by Gasteiger charge is 2.19. The van der Waals surface area contributed by atoms with Gasteiger partial charge in [-0.15, -0.1) is 0 Å². The molecule has 0 spiro atoms. The zero-order valence-electron chi connectivity index (χ0n) is 11.4. The van der Waals surface area contributed by atoms with Gasteiger partial charge in [0.15, 0.2) is 0 Å². The number of aliphatic hydroxyl groups excluding tert-OH is 1. The topological polar surface area (TPSA) is 32.7 Å². The highest BCUT2D eigenvalue weighted by atomic mass is 79.9. The lowest BCUT2D eigenvalue weighted by Crippen LogP contribution is -2.37. The maximum Gasteiger partial charge on any atom is 0.0802 e. The number of hydrogen-bond donors (Lipinski definition) is 1. The molecule has 0 amide bonds. The predicted molar refractivity (Wildman–Crippen MR) is 80.2 cm³/mol. The van der Waals surface area contributed by atoms with Gasteiger partial charge in [-0.2, -0.15) is 0 Å². The van der Waals surface area contributed by atoms with Gasteiger partial charge in [-0.25, -0.2) is 0 Å². The summed E-state index contributed by atoms with van der Waals surface area (Å²) in [5.74, 6) is 0. The molecule has 1 atom stereocenters. The number of rotatable bonds is 5. The molecule has 1 aliphatic heterocycles. The SMILES string of the molecule is CN(CCC(O)c1cccc(Br)c1)C1CCOCC1. The Morgan fingerprint density at radius 1 is 1.42 bits per heavy atom. The Bertz CT molecular complexity index is 393. The summed E-state index contributed by atoms with van der Waals surface area (Å²) in [7, 11) is 2.14. The molecule has 1 heterocycles. The Morgan fingerprint density at radius 2 is 2.16 bits per heavy atom. The molecule has 0 radical (unpaired) electrons. The highest BCUT2D eigenvalue weighted by molar-refractivity contribution is 9.10. The maximum atomic E-state index is 10.2. The van der Waals surface area contributed by atoms with E-state index in [2.05, 4.69) is 27.9 Å². The number of aliphatic hydroxyl groups is 1. The van der Waals surface area contributed by atoms with E-state index in [4.69, 9.17) is 4.74 Å². The van der Waals surface area contributed by atoms with Gasteiger partial charge < -0.3 is 14.7 Å². The van der Waals surface area contributed by atoms with Crippen LogP contribution in [0.25, 0.3) is 0 Å². The van der Waals surface area contributed by atoms with Crippen LogP contribution in [-0.2, 0) is 4.74 Å². The van der Waals surface area contributed by atoms with E-state index in [1.807, 2.05) is 24.3 Å². The van der Waals surface area contributed by atoms with Crippen molar-refractivity contribution >= 4 is 15.9 Å². The Kier molecular flexibility index (Phi) is 5.82. The molecular formula is C15H22BrNO2. The van der Waals surface area contributed by atoms with E-state index in [0.29, 0.717) is 6.04 Å². The molecule has 1 fully saturated rings. The van der Waals surface area contributed by atoms with Gasteiger partial charge in [-0.05, 0) is 44.0 Å². The fourth-order valence-corrected chi connectivity index (χ4v) is 2.93. The van der Waals surface area contributed by atoms with Crippen LogP contribution in [0.4, 0.5) is 0 Å². The van der Waals surface area contributed by atoms with Crippen LogP contribution in [0.1, 0.15) is 30.9 Å². The number of halogens is 1. The summed E-state index contributed by atoms with van der Waals surface area (Å²) in [4.78, 5) is 2.35. The number of benzene rings is 1. The van der Waals surface area contributed by atoms with Gasteiger partial charge in [0.2, 0.25) is 0 Å². The summed E-state index contributed by atoms with van der Waals surface area (Å²) in [6, 6.07) is 8.50. The second-order valence-electron chi connectivity index (χ2n) is 5.18. The second kappa shape index (κ2) is 7.39. The Balaban J connectivity index is 1.80. The number of hydrogen-bond acceptors (Lipinski definition) is 3. The first kappa shape index (κ1) is 15.0. The monoisotopic (exact) mass is 327 g/mol. The van der Waals surface area contributed by atoms with Crippen LogP contribution < -0.4 is 0 Å². The summed E-state index contributed by atoms with van der Waals surface area (Å²) in [5.41, 5.74) is 0.981. The van der Waals surface area contributed by atoms with Gasteiger partial charge in [0.25, 0.3) is 0 Å². The van der Waals surface area contributed by atoms with Crippen LogP contribution in [0.15, 0.2) is 28.7 Å². The van der Waals surface area contributed by atoms with E-state index >= 15 is 0 Å². The van der Waals surface area contributed by atoms with Gasteiger partial charge >= 0.3 is 0 Å². The zero-order valence-corrected chi connectivity index (χ0v) is 13.0. The molecule has 0 bridgehead atoms. The third-order valence-electron chi connectivity index (χ3n) is 3.80. The van der Waals surface area contributed by atoms with E-state index in [1.54, 1.807) is 0 Å². The fraction of sp³-hybridized carbons (Fsp3) is 0.600. The molecule has 3 nitrogen and oxygen atoms in total. The number of nitrogens with zero attached hydrogens (tertiary/aromatic N) is 1. The van der Waals surface area contributed by atoms with Crippen molar-refractivity contribution in [3.05, 3.63) is 34.3 Å². The molecule has 2 rings (SSSR count). The third-order valence-corrected chi connectivity index (χ3v) is 4.30. The first-order chi connectivity index (χ1) is 9.16. The summed E-state index contributed by atoms with van der Waals surface area (Å²) in [5, 5.41) is 10.2. The van der Waals surface area contributed by atoms with Crippen molar-refractivity contribution in [2.45, 2.75) is 31.4 Å². The van der Waals surface area contributed by atoms with Crippen LogP contribution in [0, 0.1) is 0 Å². The van der Waals surface area contributed by atoms with E-state index in [-0.39, 0.29) is 6.10 Å². The largest absolute Gasteiger partial charge is 0.388 e. The lowest BCUT2D eigenvalue weighted by molar-refractivity contribution is 0.0377. The minimum absolute atomic E-state index is 0.389. The fourth-order valence-electron chi connectivity index (χ4n) is 2.51. The van der Waals surface area contributed by atoms with Gasteiger partial charge in [-0.1, -0.05) is 28.1 Å².